The van der Waals surface area contributed by atoms with Crippen molar-refractivity contribution in [2.24, 2.45) is 0 Å². The summed E-state index contributed by atoms with van der Waals surface area (Å²) >= 11 is 0. The van der Waals surface area contributed by atoms with Crippen molar-refractivity contribution in [3.63, 3.8) is 0 Å². The Labute approximate surface area is 197 Å². The maximum Gasteiger partial charge on any atom is 0.137 e. The summed E-state index contributed by atoms with van der Waals surface area (Å²) in [6.07, 6.45) is 0. The summed E-state index contributed by atoms with van der Waals surface area (Å²) in [6, 6.07) is 40.6. The molecule has 0 saturated heterocycles. The van der Waals surface area contributed by atoms with Crippen LogP contribution in [0.15, 0.2) is 120 Å². The van der Waals surface area contributed by atoms with Crippen LogP contribution in [0.3, 0.4) is 0 Å². The quantitative estimate of drug-likeness (QED) is 0.276. The molecule has 7 rings (SSSR count). The first-order valence-corrected chi connectivity index (χ1v) is 11.5. The number of rotatable bonds is 3. The summed E-state index contributed by atoms with van der Waals surface area (Å²) in [5.74, 6) is 0. The monoisotopic (exact) mass is 438 g/mol. The Hall–Kier alpha value is -4.50. The van der Waals surface area contributed by atoms with Crippen LogP contribution in [0, 0.1) is 0 Å². The topological polar surface area (TPSA) is 21.3 Å². The molecule has 2 heterocycles. The first kappa shape index (κ1) is 19.0. The van der Waals surface area contributed by atoms with Crippen molar-refractivity contribution in [3.05, 3.63) is 115 Å². The van der Waals surface area contributed by atoms with Gasteiger partial charge in [0.1, 0.15) is 11.2 Å². The lowest BCUT2D eigenvalue weighted by Crippen LogP contribution is -2.09. The average Bonchev–Trinajstić information content (AvgIpc) is 3.43. The second-order valence-electron chi connectivity index (χ2n) is 8.73. The molecule has 0 saturated carbocycles. The summed E-state index contributed by atoms with van der Waals surface area (Å²) in [5.41, 5.74) is 7.66. The highest BCUT2D eigenvalue weighted by Crippen LogP contribution is 2.37. The molecule has 0 amide bonds. The van der Waals surface area contributed by atoms with Gasteiger partial charge in [-0.15, -0.1) is 0 Å². The molecule has 0 bridgehead atoms. The van der Waals surface area contributed by atoms with Crippen LogP contribution in [0.4, 0.5) is 11.4 Å². The van der Waals surface area contributed by atoms with Gasteiger partial charge in [-0.3, -0.25) is 0 Å². The molecule has 0 unspecified atom stereocenters. The van der Waals surface area contributed by atoms with Crippen LogP contribution < -0.4 is 4.90 Å². The largest absolute Gasteiger partial charge is 0.456 e. The maximum atomic E-state index is 6.13. The van der Waals surface area contributed by atoms with Crippen molar-refractivity contribution >= 4 is 55.1 Å². The van der Waals surface area contributed by atoms with Crippen molar-refractivity contribution in [1.82, 2.24) is 4.57 Å². The number of fused-ring (bicyclic) bond motifs is 6. The van der Waals surface area contributed by atoms with E-state index in [0.717, 1.165) is 33.3 Å². The summed E-state index contributed by atoms with van der Waals surface area (Å²) in [6.45, 7) is 0. The lowest BCUT2D eigenvalue weighted by Gasteiger charge is -2.20. The van der Waals surface area contributed by atoms with Crippen LogP contribution >= 0.6 is 0 Å². The molecule has 0 spiro atoms. The predicted molar refractivity (Wildman–Crippen MR) is 143 cm³/mol. The molecule has 162 valence electrons. The van der Waals surface area contributed by atoms with Crippen LogP contribution in [0.2, 0.25) is 0 Å². The Morgan fingerprint density at radius 1 is 0.529 bits per heavy atom. The van der Waals surface area contributed by atoms with E-state index in [1.165, 1.54) is 27.5 Å². The van der Waals surface area contributed by atoms with E-state index < -0.39 is 0 Å². The second kappa shape index (κ2) is 7.26. The van der Waals surface area contributed by atoms with Crippen molar-refractivity contribution < 1.29 is 4.42 Å². The number of aromatic nitrogens is 1. The first-order chi connectivity index (χ1) is 16.8. The SMILES string of the molecule is CN(c1ccc2c(c1)oc1ccccc12)c1ccc2c(c1)c1ccccc1n2-c1ccccc1. The van der Waals surface area contributed by atoms with E-state index in [0.29, 0.717) is 0 Å². The van der Waals surface area contributed by atoms with E-state index in [4.69, 9.17) is 4.42 Å². The summed E-state index contributed by atoms with van der Waals surface area (Å²) < 4.78 is 8.47. The molecule has 7 aromatic rings. The lowest BCUT2D eigenvalue weighted by molar-refractivity contribution is 0.669. The Bertz CT molecular complexity index is 1830. The zero-order valence-electron chi connectivity index (χ0n) is 18.8. The van der Waals surface area contributed by atoms with Crippen molar-refractivity contribution in [2.75, 3.05) is 11.9 Å². The van der Waals surface area contributed by atoms with Crippen molar-refractivity contribution in [1.29, 1.82) is 0 Å². The number of benzene rings is 5. The Balaban J connectivity index is 1.38. The Morgan fingerprint density at radius 3 is 2.06 bits per heavy atom. The number of hydrogen-bond donors (Lipinski definition) is 0. The molecule has 0 atom stereocenters. The molecule has 3 nitrogen and oxygen atoms in total. The second-order valence-corrected chi connectivity index (χ2v) is 8.73. The molecule has 0 aliphatic rings. The molecule has 0 N–H and O–H groups in total. The highest BCUT2D eigenvalue weighted by atomic mass is 16.3. The maximum absolute atomic E-state index is 6.13. The molecule has 0 aliphatic carbocycles. The zero-order chi connectivity index (χ0) is 22.6. The third-order valence-electron chi connectivity index (χ3n) is 6.81. The van der Waals surface area contributed by atoms with Gasteiger partial charge in [0.15, 0.2) is 0 Å². The summed E-state index contributed by atoms with van der Waals surface area (Å²) in [4.78, 5) is 2.22. The molecule has 3 heteroatoms. The highest BCUT2D eigenvalue weighted by molar-refractivity contribution is 6.10. The minimum atomic E-state index is 0.910. The van der Waals surface area contributed by atoms with E-state index in [2.05, 4.69) is 120 Å². The number of hydrogen-bond acceptors (Lipinski definition) is 2. The number of anilines is 2. The van der Waals surface area contributed by atoms with E-state index in [1.807, 2.05) is 12.1 Å². The minimum absolute atomic E-state index is 0.910. The molecule has 0 radical (unpaired) electrons. The fraction of sp³-hybridized carbons (Fsp3) is 0.0323. The fourth-order valence-electron chi connectivity index (χ4n) is 5.10. The minimum Gasteiger partial charge on any atom is -0.456 e. The smallest absolute Gasteiger partial charge is 0.137 e. The molecule has 0 aliphatic heterocycles. The van der Waals surface area contributed by atoms with E-state index >= 15 is 0 Å². The van der Waals surface area contributed by atoms with Crippen molar-refractivity contribution in [2.45, 2.75) is 0 Å². The van der Waals surface area contributed by atoms with E-state index in [1.54, 1.807) is 0 Å². The van der Waals surface area contributed by atoms with Gasteiger partial charge < -0.3 is 13.9 Å². The Kier molecular flexibility index (Phi) is 4.06. The van der Waals surface area contributed by atoms with Gasteiger partial charge in [-0.05, 0) is 54.6 Å². The molecular weight excluding hydrogens is 416 g/mol. The molecule has 34 heavy (non-hydrogen) atoms. The normalized spacial score (nSPS) is 11.7. The molecule has 2 aromatic heterocycles. The van der Waals surface area contributed by atoms with Gasteiger partial charge in [-0.1, -0.05) is 54.6 Å². The molecule has 5 aromatic carbocycles. The van der Waals surface area contributed by atoms with Gasteiger partial charge in [0, 0.05) is 51.7 Å². The van der Waals surface area contributed by atoms with Gasteiger partial charge >= 0.3 is 0 Å². The van der Waals surface area contributed by atoms with E-state index in [-0.39, 0.29) is 0 Å². The van der Waals surface area contributed by atoms with Gasteiger partial charge in [0.05, 0.1) is 11.0 Å². The summed E-state index contributed by atoms with van der Waals surface area (Å²) in [5, 5.41) is 4.80. The zero-order valence-corrected chi connectivity index (χ0v) is 18.8. The third-order valence-corrected chi connectivity index (χ3v) is 6.81. The van der Waals surface area contributed by atoms with Crippen LogP contribution in [0.5, 0.6) is 0 Å². The number of para-hydroxylation sites is 3. The fourth-order valence-corrected chi connectivity index (χ4v) is 5.10. The lowest BCUT2D eigenvalue weighted by atomic mass is 10.1. The number of furan rings is 1. The van der Waals surface area contributed by atoms with E-state index in [9.17, 15) is 0 Å². The molecular formula is C31H22N2O. The first-order valence-electron chi connectivity index (χ1n) is 11.5. The van der Waals surface area contributed by atoms with Crippen LogP contribution in [-0.2, 0) is 0 Å². The van der Waals surface area contributed by atoms with Gasteiger partial charge in [-0.2, -0.15) is 0 Å². The number of nitrogens with zero attached hydrogens (tertiary/aromatic N) is 2. The standard InChI is InChI=1S/C31H22N2O/c1-32(23-15-17-26-25-12-6-8-14-30(25)34-31(26)20-23)22-16-18-29-27(19-22)24-11-5-7-13-28(24)33(29)21-9-3-2-4-10-21/h2-20H,1H3. The van der Waals surface area contributed by atoms with Gasteiger partial charge in [-0.25, -0.2) is 0 Å². The predicted octanol–water partition coefficient (Wildman–Crippen LogP) is 8.45. The van der Waals surface area contributed by atoms with Crippen LogP contribution in [-0.4, -0.2) is 11.6 Å². The summed E-state index contributed by atoms with van der Waals surface area (Å²) in [7, 11) is 2.11. The van der Waals surface area contributed by atoms with Gasteiger partial charge in [0.2, 0.25) is 0 Å². The molecule has 0 fully saturated rings. The third kappa shape index (κ3) is 2.77. The van der Waals surface area contributed by atoms with Gasteiger partial charge in [0.25, 0.3) is 0 Å². The average molecular weight is 439 g/mol. The Morgan fingerprint density at radius 2 is 1.18 bits per heavy atom. The highest BCUT2D eigenvalue weighted by Gasteiger charge is 2.15. The van der Waals surface area contributed by atoms with Crippen molar-refractivity contribution in [3.8, 4) is 5.69 Å². The van der Waals surface area contributed by atoms with Crippen LogP contribution in [0.1, 0.15) is 0 Å². The van der Waals surface area contributed by atoms with Crippen LogP contribution in [0.25, 0.3) is 49.4 Å².